The number of ether oxygens (including phenoxy) is 1. The molecule has 1 aromatic heterocycles. The van der Waals surface area contributed by atoms with Crippen LogP contribution in [0.2, 0.25) is 0 Å². The monoisotopic (exact) mass is 435 g/mol. The molecule has 1 atom stereocenters. The van der Waals surface area contributed by atoms with Crippen molar-refractivity contribution in [1.29, 1.82) is 0 Å². The Kier molecular flexibility index (Phi) is 6.75. The van der Waals surface area contributed by atoms with Gasteiger partial charge in [-0.3, -0.25) is 0 Å². The van der Waals surface area contributed by atoms with Crippen LogP contribution in [0.3, 0.4) is 0 Å². The van der Waals surface area contributed by atoms with Crippen LogP contribution in [0.5, 0.6) is 0 Å². The SMILES string of the molecule is CC(C)(C)OC(=O)N1CCCCC1CSc1ncc(B2OC(C)(C)C(C)(C)O2)cn1. The molecule has 0 aliphatic carbocycles. The van der Waals surface area contributed by atoms with Crippen LogP contribution in [-0.2, 0) is 14.0 Å². The summed E-state index contributed by atoms with van der Waals surface area (Å²) in [7, 11) is -0.463. The molecule has 9 heteroatoms. The molecule has 0 saturated carbocycles. The van der Waals surface area contributed by atoms with Gasteiger partial charge >= 0.3 is 13.2 Å². The van der Waals surface area contributed by atoms with Gasteiger partial charge in [0.15, 0.2) is 5.16 Å². The third kappa shape index (κ3) is 5.48. The minimum absolute atomic E-state index is 0.130. The van der Waals surface area contributed by atoms with Gasteiger partial charge in [0, 0.05) is 36.2 Å². The molecule has 2 fully saturated rings. The molecule has 3 rings (SSSR count). The van der Waals surface area contributed by atoms with E-state index in [0.717, 1.165) is 37.0 Å². The quantitative estimate of drug-likeness (QED) is 0.406. The molecule has 7 nitrogen and oxygen atoms in total. The molecule has 1 unspecified atom stereocenters. The molecule has 0 bridgehead atoms. The Morgan fingerprint density at radius 2 is 1.80 bits per heavy atom. The van der Waals surface area contributed by atoms with Crippen molar-refractivity contribution in [3.05, 3.63) is 12.4 Å². The van der Waals surface area contributed by atoms with Crippen molar-refractivity contribution in [3.8, 4) is 0 Å². The first-order valence-corrected chi connectivity index (χ1v) is 11.7. The van der Waals surface area contributed by atoms with Crippen molar-refractivity contribution in [1.82, 2.24) is 14.9 Å². The summed E-state index contributed by atoms with van der Waals surface area (Å²) in [6.45, 7) is 14.5. The van der Waals surface area contributed by atoms with Crippen LogP contribution >= 0.6 is 11.8 Å². The second-order valence-corrected chi connectivity index (χ2v) is 11.0. The number of aromatic nitrogens is 2. The molecule has 1 amide bonds. The number of amides is 1. The number of hydrogen-bond acceptors (Lipinski definition) is 7. The summed E-state index contributed by atoms with van der Waals surface area (Å²) in [4.78, 5) is 23.4. The van der Waals surface area contributed by atoms with Gasteiger partial charge in [-0.05, 0) is 67.7 Å². The third-order valence-electron chi connectivity index (χ3n) is 5.83. The van der Waals surface area contributed by atoms with Crippen LogP contribution in [0.1, 0.15) is 67.7 Å². The van der Waals surface area contributed by atoms with Gasteiger partial charge < -0.3 is 18.9 Å². The summed E-state index contributed by atoms with van der Waals surface area (Å²) in [5.41, 5.74) is -0.460. The molecular formula is C21H34BN3O4S. The van der Waals surface area contributed by atoms with Gasteiger partial charge in [-0.25, -0.2) is 14.8 Å². The topological polar surface area (TPSA) is 73.8 Å². The first kappa shape index (κ1) is 23.4. The average molecular weight is 435 g/mol. The molecule has 0 aromatic carbocycles. The highest BCUT2D eigenvalue weighted by molar-refractivity contribution is 7.99. The molecule has 0 radical (unpaired) electrons. The number of likely N-dealkylation sites (tertiary alicyclic amines) is 1. The zero-order chi connectivity index (χ0) is 22.2. The van der Waals surface area contributed by atoms with Gasteiger partial charge in [-0.15, -0.1) is 0 Å². The van der Waals surface area contributed by atoms with Crippen LogP contribution in [-0.4, -0.2) is 63.2 Å². The first-order chi connectivity index (χ1) is 13.9. The minimum Gasteiger partial charge on any atom is -0.444 e. The maximum Gasteiger partial charge on any atom is 0.498 e. The molecule has 0 spiro atoms. The Morgan fingerprint density at radius 3 is 2.37 bits per heavy atom. The van der Waals surface area contributed by atoms with Gasteiger partial charge in [0.05, 0.1) is 11.2 Å². The number of thioether (sulfide) groups is 1. The Hall–Kier alpha value is -1.32. The van der Waals surface area contributed by atoms with Crippen LogP contribution in [0.15, 0.2) is 17.6 Å². The predicted octanol–water partition coefficient (Wildman–Crippen LogP) is 3.66. The lowest BCUT2D eigenvalue weighted by atomic mass is 9.81. The fraction of sp³-hybridized carbons (Fsp3) is 0.762. The maximum absolute atomic E-state index is 12.6. The highest BCUT2D eigenvalue weighted by Gasteiger charge is 2.52. The van der Waals surface area contributed by atoms with Crippen molar-refractivity contribution in [2.75, 3.05) is 12.3 Å². The normalized spacial score (nSPS) is 23.5. The number of nitrogens with zero attached hydrogens (tertiary/aromatic N) is 3. The van der Waals surface area contributed by atoms with Gasteiger partial charge in [0.2, 0.25) is 0 Å². The van der Waals surface area contributed by atoms with Crippen LogP contribution in [0.25, 0.3) is 0 Å². The van der Waals surface area contributed by atoms with Gasteiger partial charge in [-0.2, -0.15) is 0 Å². The maximum atomic E-state index is 12.6. The average Bonchev–Trinajstić information content (AvgIpc) is 2.86. The number of hydrogen-bond donors (Lipinski definition) is 0. The number of carbonyl (C=O) groups excluding carboxylic acids is 1. The summed E-state index contributed by atoms with van der Waals surface area (Å²) in [5.74, 6) is 0.745. The molecule has 166 valence electrons. The Morgan fingerprint density at radius 1 is 1.20 bits per heavy atom. The zero-order valence-corrected chi connectivity index (χ0v) is 20.0. The standard InChI is InChI=1S/C21H34BN3O4S/c1-19(2,3)27-18(26)25-11-9-8-10-16(25)14-30-17-23-12-15(13-24-17)22-28-20(4,5)21(6,7)29-22/h12-13,16H,8-11,14H2,1-7H3. The Labute approximate surface area is 184 Å². The highest BCUT2D eigenvalue weighted by atomic mass is 32.2. The number of carbonyl (C=O) groups is 1. The van der Waals surface area contributed by atoms with Crippen LogP contribution < -0.4 is 5.46 Å². The van der Waals surface area contributed by atoms with Gasteiger partial charge in [0.25, 0.3) is 0 Å². The molecule has 3 heterocycles. The molecule has 1 aromatic rings. The van der Waals surface area contributed by atoms with Crippen molar-refractivity contribution in [2.24, 2.45) is 0 Å². The largest absolute Gasteiger partial charge is 0.498 e. The second kappa shape index (κ2) is 8.67. The van der Waals surface area contributed by atoms with E-state index in [2.05, 4.69) is 9.97 Å². The second-order valence-electron chi connectivity index (χ2n) is 10.0. The van der Waals surface area contributed by atoms with Crippen molar-refractivity contribution in [2.45, 2.75) is 95.7 Å². The van der Waals surface area contributed by atoms with E-state index in [-0.39, 0.29) is 12.1 Å². The predicted molar refractivity (Wildman–Crippen MR) is 119 cm³/mol. The molecular weight excluding hydrogens is 401 g/mol. The smallest absolute Gasteiger partial charge is 0.444 e. The fourth-order valence-electron chi connectivity index (χ4n) is 3.41. The van der Waals surface area contributed by atoms with E-state index in [1.54, 1.807) is 24.2 Å². The van der Waals surface area contributed by atoms with E-state index in [4.69, 9.17) is 14.0 Å². The van der Waals surface area contributed by atoms with E-state index in [9.17, 15) is 4.79 Å². The van der Waals surface area contributed by atoms with E-state index < -0.39 is 23.9 Å². The highest BCUT2D eigenvalue weighted by Crippen LogP contribution is 2.36. The van der Waals surface area contributed by atoms with Gasteiger partial charge in [0.1, 0.15) is 5.60 Å². The Balaban J connectivity index is 1.58. The first-order valence-electron chi connectivity index (χ1n) is 10.7. The molecule has 2 aliphatic heterocycles. The summed E-state index contributed by atoms with van der Waals surface area (Å²) in [6, 6.07) is 0.130. The van der Waals surface area contributed by atoms with E-state index >= 15 is 0 Å². The van der Waals surface area contributed by atoms with Crippen LogP contribution in [0, 0.1) is 0 Å². The number of rotatable bonds is 4. The summed E-state index contributed by atoms with van der Waals surface area (Å²) in [6.07, 6.45) is 6.41. The number of piperidine rings is 1. The van der Waals surface area contributed by atoms with Crippen molar-refractivity contribution in [3.63, 3.8) is 0 Å². The summed E-state index contributed by atoms with van der Waals surface area (Å²) in [5, 5.41) is 0.685. The van der Waals surface area contributed by atoms with Crippen LogP contribution in [0.4, 0.5) is 4.79 Å². The third-order valence-corrected chi connectivity index (χ3v) is 6.85. The summed E-state index contributed by atoms with van der Waals surface area (Å²) < 4.78 is 17.7. The molecule has 2 aliphatic rings. The lowest BCUT2D eigenvalue weighted by molar-refractivity contribution is 0.00578. The zero-order valence-electron chi connectivity index (χ0n) is 19.2. The lowest BCUT2D eigenvalue weighted by Gasteiger charge is -2.36. The molecule has 0 N–H and O–H groups in total. The molecule has 30 heavy (non-hydrogen) atoms. The van der Waals surface area contributed by atoms with Crippen molar-refractivity contribution >= 4 is 30.4 Å². The van der Waals surface area contributed by atoms with Gasteiger partial charge in [-0.1, -0.05) is 11.8 Å². The van der Waals surface area contributed by atoms with E-state index in [0.29, 0.717) is 5.16 Å². The molecule has 2 saturated heterocycles. The van der Waals surface area contributed by atoms with Crippen molar-refractivity contribution < 1.29 is 18.8 Å². The lowest BCUT2D eigenvalue weighted by Crippen LogP contribution is -2.47. The Bertz CT molecular complexity index is 736. The van der Waals surface area contributed by atoms with E-state index in [1.165, 1.54) is 0 Å². The fourth-order valence-corrected chi connectivity index (χ4v) is 4.35. The summed E-state index contributed by atoms with van der Waals surface area (Å²) >= 11 is 1.56. The van der Waals surface area contributed by atoms with E-state index in [1.807, 2.05) is 53.4 Å². The minimum atomic E-state index is -0.487.